The molecule has 0 spiro atoms. The number of nitrogens with two attached hydrogens (primary N) is 1. The predicted molar refractivity (Wildman–Crippen MR) is 82.4 cm³/mol. The predicted octanol–water partition coefficient (Wildman–Crippen LogP) is 2.46. The van der Waals surface area contributed by atoms with Crippen molar-refractivity contribution >= 4 is 10.0 Å². The average molecular weight is 314 g/mol. The van der Waals surface area contributed by atoms with Gasteiger partial charge in [0, 0.05) is 18.2 Å². The molecule has 1 fully saturated rings. The van der Waals surface area contributed by atoms with Crippen molar-refractivity contribution in [2.24, 2.45) is 17.6 Å². The molecule has 21 heavy (non-hydrogen) atoms. The highest BCUT2D eigenvalue weighted by molar-refractivity contribution is 7.89. The molecule has 1 saturated carbocycles. The number of hydrogen-bond acceptors (Lipinski definition) is 4. The quantitative estimate of drug-likeness (QED) is 0.894. The molecule has 6 heteroatoms. The third-order valence-corrected chi connectivity index (χ3v) is 6.22. The molecule has 1 heterocycles. The summed E-state index contributed by atoms with van der Waals surface area (Å²) in [5, 5.41) is 0. The second-order valence-corrected chi connectivity index (χ2v) is 8.00. The maximum atomic E-state index is 12.7. The fourth-order valence-electron chi connectivity index (χ4n) is 3.40. The lowest BCUT2D eigenvalue weighted by Gasteiger charge is -2.32. The third kappa shape index (κ3) is 3.33. The molecule has 0 amide bonds. The molecule has 3 N–H and O–H groups in total. The average Bonchev–Trinajstić information content (AvgIpc) is 2.67. The van der Waals surface area contributed by atoms with Crippen LogP contribution in [-0.4, -0.2) is 14.5 Å². The van der Waals surface area contributed by atoms with Crippen molar-refractivity contribution in [3.05, 3.63) is 17.1 Å². The van der Waals surface area contributed by atoms with E-state index in [2.05, 4.69) is 18.6 Å². The molecule has 0 radical (unpaired) electrons. The summed E-state index contributed by atoms with van der Waals surface area (Å²) in [7, 11) is -3.59. The summed E-state index contributed by atoms with van der Waals surface area (Å²) in [6.45, 7) is 7.92. The van der Waals surface area contributed by atoms with Gasteiger partial charge >= 0.3 is 0 Å². The Hall–Kier alpha value is -0.850. The fraction of sp³-hybridized carbons (Fsp3) is 0.733. The zero-order valence-corrected chi connectivity index (χ0v) is 14.1. The van der Waals surface area contributed by atoms with Crippen LogP contribution in [0.5, 0.6) is 0 Å². The Morgan fingerprint density at radius 3 is 2.48 bits per heavy atom. The van der Waals surface area contributed by atoms with Crippen molar-refractivity contribution in [3.63, 3.8) is 0 Å². The molecule has 3 atom stereocenters. The van der Waals surface area contributed by atoms with Crippen molar-refractivity contribution in [2.75, 3.05) is 0 Å². The van der Waals surface area contributed by atoms with Gasteiger partial charge in [-0.15, -0.1) is 0 Å². The van der Waals surface area contributed by atoms with Gasteiger partial charge < -0.3 is 10.2 Å². The molecule has 0 bridgehead atoms. The largest absolute Gasteiger partial charge is 0.465 e. The van der Waals surface area contributed by atoms with Crippen LogP contribution >= 0.6 is 0 Å². The highest BCUT2D eigenvalue weighted by Gasteiger charge is 2.32. The molecule has 120 valence electrons. The summed E-state index contributed by atoms with van der Waals surface area (Å²) in [6, 6.07) is -0.00793. The summed E-state index contributed by atoms with van der Waals surface area (Å²) in [5.74, 6) is 2.01. The monoisotopic (exact) mass is 314 g/mol. The number of rotatable bonds is 4. The fourth-order valence-corrected chi connectivity index (χ4v) is 5.23. The smallest absolute Gasteiger partial charge is 0.244 e. The van der Waals surface area contributed by atoms with E-state index >= 15 is 0 Å². The van der Waals surface area contributed by atoms with Crippen LogP contribution in [0.2, 0.25) is 0 Å². The van der Waals surface area contributed by atoms with Gasteiger partial charge in [0.2, 0.25) is 10.0 Å². The van der Waals surface area contributed by atoms with E-state index in [9.17, 15) is 8.42 Å². The molecule has 5 nitrogen and oxygen atoms in total. The minimum atomic E-state index is -3.59. The molecule has 1 aromatic heterocycles. The number of sulfonamides is 1. The van der Waals surface area contributed by atoms with Crippen molar-refractivity contribution in [3.8, 4) is 0 Å². The molecule has 0 aliphatic heterocycles. The molecule has 3 unspecified atom stereocenters. The molecule has 0 saturated heterocycles. The van der Waals surface area contributed by atoms with Gasteiger partial charge in [0.05, 0.1) is 0 Å². The molecular weight excluding hydrogens is 288 g/mol. The molecule has 1 aromatic rings. The lowest BCUT2D eigenvalue weighted by molar-refractivity contribution is 0.249. The Kier molecular flexibility index (Phi) is 4.80. The van der Waals surface area contributed by atoms with Gasteiger partial charge in [-0.1, -0.05) is 13.8 Å². The number of furan rings is 1. The van der Waals surface area contributed by atoms with E-state index < -0.39 is 10.0 Å². The first kappa shape index (κ1) is 16.5. The van der Waals surface area contributed by atoms with E-state index in [1.54, 1.807) is 13.8 Å². The van der Waals surface area contributed by atoms with Crippen LogP contribution in [0.4, 0.5) is 0 Å². The standard InChI is InChI=1S/C15H26N2O3S/c1-9-5-6-14(10(2)7-9)17-21(18,19)15-12(4)20-11(3)13(15)8-16/h9-10,14,17H,5-8,16H2,1-4H3. The Labute approximate surface area is 127 Å². The van der Waals surface area contributed by atoms with E-state index in [0.717, 1.165) is 19.3 Å². The van der Waals surface area contributed by atoms with Gasteiger partial charge in [-0.2, -0.15) is 0 Å². The van der Waals surface area contributed by atoms with Gasteiger partial charge in [0.25, 0.3) is 0 Å². The summed E-state index contributed by atoms with van der Waals surface area (Å²) in [6.07, 6.45) is 3.00. The van der Waals surface area contributed by atoms with Crippen molar-refractivity contribution in [1.29, 1.82) is 0 Å². The minimum Gasteiger partial charge on any atom is -0.465 e. The van der Waals surface area contributed by atoms with Gasteiger partial charge in [-0.25, -0.2) is 13.1 Å². The third-order valence-electron chi connectivity index (χ3n) is 4.54. The maximum absolute atomic E-state index is 12.7. The zero-order valence-electron chi connectivity index (χ0n) is 13.3. The summed E-state index contributed by atoms with van der Waals surface area (Å²) in [4.78, 5) is 0.230. The first-order chi connectivity index (χ1) is 9.76. The van der Waals surface area contributed by atoms with Crippen LogP contribution in [0.3, 0.4) is 0 Å². The van der Waals surface area contributed by atoms with Crippen LogP contribution in [0, 0.1) is 25.7 Å². The van der Waals surface area contributed by atoms with Gasteiger partial charge in [-0.3, -0.25) is 0 Å². The Morgan fingerprint density at radius 2 is 1.90 bits per heavy atom. The molecular formula is C15H26N2O3S. The summed E-state index contributed by atoms with van der Waals surface area (Å²) >= 11 is 0. The van der Waals surface area contributed by atoms with Crippen molar-refractivity contribution in [1.82, 2.24) is 4.72 Å². The molecule has 2 rings (SSSR count). The van der Waals surface area contributed by atoms with Gasteiger partial charge in [-0.05, 0) is 44.9 Å². The second kappa shape index (κ2) is 6.10. The SMILES string of the molecule is Cc1oc(C)c(S(=O)(=O)NC2CCC(C)CC2C)c1CN. The van der Waals surface area contributed by atoms with E-state index in [4.69, 9.17) is 10.2 Å². The van der Waals surface area contributed by atoms with Gasteiger partial charge in [0.15, 0.2) is 0 Å². The maximum Gasteiger partial charge on any atom is 0.244 e. The van der Waals surface area contributed by atoms with E-state index in [1.807, 2.05) is 0 Å². The van der Waals surface area contributed by atoms with E-state index in [0.29, 0.717) is 28.9 Å². The van der Waals surface area contributed by atoms with E-state index in [-0.39, 0.29) is 17.5 Å². The molecule has 1 aliphatic rings. The van der Waals surface area contributed by atoms with Crippen molar-refractivity contribution in [2.45, 2.75) is 64.4 Å². The van der Waals surface area contributed by atoms with Crippen LogP contribution < -0.4 is 10.5 Å². The van der Waals surface area contributed by atoms with Gasteiger partial charge in [0.1, 0.15) is 16.4 Å². The molecule has 1 aliphatic carbocycles. The summed E-state index contributed by atoms with van der Waals surface area (Å²) < 4.78 is 33.8. The second-order valence-electron chi connectivity index (χ2n) is 6.35. The first-order valence-corrected chi connectivity index (χ1v) is 9.05. The number of aryl methyl sites for hydroxylation is 2. The highest BCUT2D eigenvalue weighted by Crippen LogP contribution is 2.31. The van der Waals surface area contributed by atoms with Crippen LogP contribution in [0.25, 0.3) is 0 Å². The topological polar surface area (TPSA) is 85.3 Å². The minimum absolute atomic E-state index is 0.00793. The van der Waals surface area contributed by atoms with E-state index in [1.165, 1.54) is 0 Å². The number of hydrogen-bond donors (Lipinski definition) is 2. The highest BCUT2D eigenvalue weighted by atomic mass is 32.2. The molecule has 0 aromatic carbocycles. The zero-order chi connectivity index (χ0) is 15.8. The Morgan fingerprint density at radius 1 is 1.24 bits per heavy atom. The Balaban J connectivity index is 2.27. The normalized spacial score (nSPS) is 27.0. The van der Waals surface area contributed by atoms with Crippen LogP contribution in [0.1, 0.15) is 50.2 Å². The number of nitrogens with one attached hydrogen (secondary N) is 1. The lowest BCUT2D eigenvalue weighted by atomic mass is 9.80. The Bertz CT molecular complexity index is 607. The van der Waals surface area contributed by atoms with Crippen molar-refractivity contribution < 1.29 is 12.8 Å². The van der Waals surface area contributed by atoms with Crippen LogP contribution in [-0.2, 0) is 16.6 Å². The lowest BCUT2D eigenvalue weighted by Crippen LogP contribution is -2.42. The van der Waals surface area contributed by atoms with Crippen LogP contribution in [0.15, 0.2) is 9.31 Å². The summed E-state index contributed by atoms with van der Waals surface area (Å²) in [5.41, 5.74) is 6.27. The first-order valence-electron chi connectivity index (χ1n) is 7.57.